The van der Waals surface area contributed by atoms with E-state index in [2.05, 4.69) is 0 Å². The highest BCUT2D eigenvalue weighted by Crippen LogP contribution is 2.25. The molecule has 1 fully saturated rings. The molecule has 0 bridgehead atoms. The van der Waals surface area contributed by atoms with Gasteiger partial charge < -0.3 is 10.0 Å². The van der Waals surface area contributed by atoms with Gasteiger partial charge in [-0.25, -0.2) is 4.39 Å². The van der Waals surface area contributed by atoms with Crippen molar-refractivity contribution in [1.82, 2.24) is 4.90 Å². The quantitative estimate of drug-likeness (QED) is 0.852. The first-order valence-corrected chi connectivity index (χ1v) is 6.24. The summed E-state index contributed by atoms with van der Waals surface area (Å²) >= 11 is 5.79. The summed E-state index contributed by atoms with van der Waals surface area (Å²) in [6, 6.07) is 4.20. The molecule has 1 aliphatic rings. The minimum Gasteiger partial charge on any atom is -0.390 e. The first-order chi connectivity index (χ1) is 8.41. The number of amides is 1. The van der Waals surface area contributed by atoms with Crippen LogP contribution in [0.15, 0.2) is 18.2 Å². The van der Waals surface area contributed by atoms with Crippen LogP contribution in [-0.4, -0.2) is 34.6 Å². The molecule has 1 aromatic carbocycles. The summed E-state index contributed by atoms with van der Waals surface area (Å²) < 4.78 is 13.3. The van der Waals surface area contributed by atoms with Gasteiger partial charge in [-0.05, 0) is 31.9 Å². The molecule has 0 unspecified atom stereocenters. The largest absolute Gasteiger partial charge is 0.390 e. The molecule has 0 atom stereocenters. The summed E-state index contributed by atoms with van der Waals surface area (Å²) in [4.78, 5) is 13.8. The molecule has 2 rings (SSSR count). The Morgan fingerprint density at radius 3 is 2.67 bits per heavy atom. The average molecular weight is 272 g/mol. The lowest BCUT2D eigenvalue weighted by atomic mass is 9.93. The van der Waals surface area contributed by atoms with E-state index >= 15 is 0 Å². The minimum atomic E-state index is -0.720. The highest BCUT2D eigenvalue weighted by Gasteiger charge is 2.30. The van der Waals surface area contributed by atoms with Gasteiger partial charge in [-0.15, -0.1) is 0 Å². The number of piperidine rings is 1. The highest BCUT2D eigenvalue weighted by atomic mass is 35.5. The van der Waals surface area contributed by atoms with Crippen LogP contribution < -0.4 is 0 Å². The average Bonchev–Trinajstić information content (AvgIpc) is 2.32. The van der Waals surface area contributed by atoms with Crippen molar-refractivity contribution >= 4 is 17.5 Å². The molecule has 1 amide bonds. The van der Waals surface area contributed by atoms with Crippen molar-refractivity contribution in [2.24, 2.45) is 0 Å². The second kappa shape index (κ2) is 4.86. The van der Waals surface area contributed by atoms with E-state index in [0.717, 1.165) is 0 Å². The van der Waals surface area contributed by atoms with E-state index in [1.54, 1.807) is 11.8 Å². The topological polar surface area (TPSA) is 40.5 Å². The molecule has 0 spiro atoms. The predicted octanol–water partition coefficient (Wildman–Crippen LogP) is 2.47. The Kier molecular flexibility index (Phi) is 3.59. The van der Waals surface area contributed by atoms with Crippen molar-refractivity contribution in [3.8, 4) is 0 Å². The van der Waals surface area contributed by atoms with E-state index in [1.807, 2.05) is 0 Å². The maximum absolute atomic E-state index is 13.3. The number of benzene rings is 1. The van der Waals surface area contributed by atoms with Gasteiger partial charge in [-0.2, -0.15) is 0 Å². The van der Waals surface area contributed by atoms with Gasteiger partial charge in [-0.3, -0.25) is 4.79 Å². The van der Waals surface area contributed by atoms with Crippen LogP contribution in [0, 0.1) is 5.82 Å². The van der Waals surface area contributed by atoms with Crippen LogP contribution in [0.4, 0.5) is 4.39 Å². The van der Waals surface area contributed by atoms with E-state index in [0.29, 0.717) is 25.9 Å². The lowest BCUT2D eigenvalue weighted by Crippen LogP contribution is -2.45. The molecule has 1 aliphatic heterocycles. The molecule has 3 nitrogen and oxygen atoms in total. The van der Waals surface area contributed by atoms with Crippen LogP contribution in [0.3, 0.4) is 0 Å². The number of carbonyl (C=O) groups is 1. The van der Waals surface area contributed by atoms with E-state index in [-0.39, 0.29) is 16.5 Å². The molecule has 0 saturated carbocycles. The monoisotopic (exact) mass is 271 g/mol. The molecular formula is C13H15ClFNO2. The molecule has 0 aromatic heterocycles. The predicted molar refractivity (Wildman–Crippen MR) is 67.2 cm³/mol. The number of aliphatic hydroxyl groups is 1. The van der Waals surface area contributed by atoms with Gasteiger partial charge in [0.1, 0.15) is 5.82 Å². The molecule has 1 heterocycles. The summed E-state index contributed by atoms with van der Waals surface area (Å²) in [6.45, 7) is 2.67. The minimum absolute atomic E-state index is 0.139. The third-order valence-corrected chi connectivity index (χ3v) is 3.69. The standard InChI is InChI=1S/C13H15ClFNO2/c1-13(18)5-7-16(8-6-13)12(17)9-3-2-4-10(15)11(9)14/h2-4,18H,5-8H2,1H3. The van der Waals surface area contributed by atoms with Gasteiger partial charge in [0.25, 0.3) is 5.91 Å². The zero-order valence-electron chi connectivity index (χ0n) is 10.1. The number of rotatable bonds is 1. The number of halogens is 2. The molecule has 5 heteroatoms. The van der Waals surface area contributed by atoms with Gasteiger partial charge in [0.05, 0.1) is 16.2 Å². The SMILES string of the molecule is CC1(O)CCN(C(=O)c2cccc(F)c2Cl)CC1. The molecule has 1 saturated heterocycles. The molecule has 1 N–H and O–H groups in total. The lowest BCUT2D eigenvalue weighted by molar-refractivity contribution is -0.00203. The third-order valence-electron chi connectivity index (χ3n) is 3.31. The smallest absolute Gasteiger partial charge is 0.255 e. The normalized spacial score (nSPS) is 18.8. The number of carbonyl (C=O) groups excluding carboxylic acids is 1. The van der Waals surface area contributed by atoms with Crippen molar-refractivity contribution in [1.29, 1.82) is 0 Å². The van der Waals surface area contributed by atoms with E-state index in [1.165, 1.54) is 18.2 Å². The van der Waals surface area contributed by atoms with Crippen LogP contribution in [0.2, 0.25) is 5.02 Å². The van der Waals surface area contributed by atoms with Gasteiger partial charge >= 0.3 is 0 Å². The Hall–Kier alpha value is -1.13. The van der Waals surface area contributed by atoms with E-state index < -0.39 is 11.4 Å². The Morgan fingerprint density at radius 1 is 1.44 bits per heavy atom. The highest BCUT2D eigenvalue weighted by molar-refractivity contribution is 6.34. The number of hydrogen-bond donors (Lipinski definition) is 1. The second-order valence-electron chi connectivity index (χ2n) is 4.89. The summed E-state index contributed by atoms with van der Waals surface area (Å²) in [5, 5.41) is 9.68. The number of hydrogen-bond acceptors (Lipinski definition) is 2. The van der Waals surface area contributed by atoms with Crippen LogP contribution in [0.1, 0.15) is 30.1 Å². The maximum atomic E-state index is 13.3. The fraction of sp³-hybridized carbons (Fsp3) is 0.462. The van der Waals surface area contributed by atoms with Gasteiger partial charge in [0.2, 0.25) is 0 Å². The first kappa shape index (κ1) is 13.3. The number of nitrogens with zero attached hydrogens (tertiary/aromatic N) is 1. The van der Waals surface area contributed by atoms with Crippen LogP contribution in [0.25, 0.3) is 0 Å². The third kappa shape index (κ3) is 2.65. The molecule has 0 radical (unpaired) electrons. The van der Waals surface area contributed by atoms with Crippen molar-refractivity contribution < 1.29 is 14.3 Å². The lowest BCUT2D eigenvalue weighted by Gasteiger charge is -2.35. The molecular weight excluding hydrogens is 257 g/mol. The van der Waals surface area contributed by atoms with Gasteiger partial charge in [-0.1, -0.05) is 17.7 Å². The fourth-order valence-corrected chi connectivity index (χ4v) is 2.24. The second-order valence-corrected chi connectivity index (χ2v) is 5.27. The Morgan fingerprint density at radius 2 is 2.06 bits per heavy atom. The Labute approximate surface area is 110 Å². The van der Waals surface area contributed by atoms with E-state index in [4.69, 9.17) is 11.6 Å². The van der Waals surface area contributed by atoms with Crippen LogP contribution in [-0.2, 0) is 0 Å². The van der Waals surface area contributed by atoms with Crippen LogP contribution in [0.5, 0.6) is 0 Å². The van der Waals surface area contributed by atoms with Gasteiger partial charge in [0, 0.05) is 13.1 Å². The number of likely N-dealkylation sites (tertiary alicyclic amines) is 1. The zero-order valence-corrected chi connectivity index (χ0v) is 10.9. The van der Waals surface area contributed by atoms with Gasteiger partial charge in [0.15, 0.2) is 0 Å². The summed E-state index contributed by atoms with van der Waals surface area (Å²) in [5.41, 5.74) is -0.541. The molecule has 18 heavy (non-hydrogen) atoms. The first-order valence-electron chi connectivity index (χ1n) is 5.86. The summed E-state index contributed by atoms with van der Waals surface area (Å²) in [5.74, 6) is -0.874. The maximum Gasteiger partial charge on any atom is 0.255 e. The summed E-state index contributed by atoms with van der Waals surface area (Å²) in [6.07, 6.45) is 1.04. The van der Waals surface area contributed by atoms with Crippen molar-refractivity contribution in [2.75, 3.05) is 13.1 Å². The van der Waals surface area contributed by atoms with E-state index in [9.17, 15) is 14.3 Å². The van der Waals surface area contributed by atoms with Crippen molar-refractivity contribution in [3.05, 3.63) is 34.6 Å². The Balaban J connectivity index is 2.15. The molecule has 1 aromatic rings. The molecule has 98 valence electrons. The Bertz CT molecular complexity index is 466. The molecule has 0 aliphatic carbocycles. The van der Waals surface area contributed by atoms with Crippen LogP contribution >= 0.6 is 11.6 Å². The zero-order chi connectivity index (χ0) is 13.3. The van der Waals surface area contributed by atoms with Crippen molar-refractivity contribution in [2.45, 2.75) is 25.4 Å². The van der Waals surface area contributed by atoms with Crippen molar-refractivity contribution in [3.63, 3.8) is 0 Å². The summed E-state index contributed by atoms with van der Waals surface area (Å²) in [7, 11) is 0. The fourth-order valence-electron chi connectivity index (χ4n) is 2.03.